The van der Waals surface area contributed by atoms with Gasteiger partial charge in [0.15, 0.2) is 18.1 Å². The summed E-state index contributed by atoms with van der Waals surface area (Å²) in [5.74, 6) is -1.59. The first-order valence-electron chi connectivity index (χ1n) is 9.70. The molecule has 0 aromatic heterocycles. The molecule has 170 valence electrons. The summed E-state index contributed by atoms with van der Waals surface area (Å²) in [4.78, 5) is 35.4. The largest absolute Gasteiger partial charge is 0.493 e. The molecular weight excluding hydrogens is 436 g/mol. The number of amides is 3. The first kappa shape index (κ1) is 24.7. The number of nitrogens with one attached hydrogen (secondary N) is 3. The van der Waals surface area contributed by atoms with Crippen LogP contribution in [0, 0.1) is 6.92 Å². The van der Waals surface area contributed by atoms with Crippen molar-refractivity contribution < 1.29 is 23.9 Å². The van der Waals surface area contributed by atoms with Crippen molar-refractivity contribution in [2.24, 2.45) is 5.10 Å². The monoisotopic (exact) mass is 460 g/mol. The Kier molecular flexibility index (Phi) is 9.03. The van der Waals surface area contributed by atoms with E-state index in [9.17, 15) is 14.4 Å². The summed E-state index contributed by atoms with van der Waals surface area (Å²) in [5, 5.41) is 9.09. The van der Waals surface area contributed by atoms with Crippen molar-refractivity contribution in [1.82, 2.24) is 10.7 Å². The second-order valence-corrected chi connectivity index (χ2v) is 7.47. The molecule has 0 fully saturated rings. The molecule has 0 unspecified atom stereocenters. The van der Waals surface area contributed by atoms with Crippen LogP contribution in [-0.2, 0) is 14.4 Å². The van der Waals surface area contributed by atoms with E-state index in [2.05, 4.69) is 21.2 Å². The highest BCUT2D eigenvalue weighted by Gasteiger charge is 2.15. The number of benzene rings is 2. The predicted octanol–water partition coefficient (Wildman–Crippen LogP) is 2.65. The Bertz CT molecular complexity index is 1010. The molecule has 0 atom stereocenters. The van der Waals surface area contributed by atoms with E-state index in [0.29, 0.717) is 11.3 Å². The minimum Gasteiger partial charge on any atom is -0.493 e. The van der Waals surface area contributed by atoms with Crippen LogP contribution in [0.4, 0.5) is 5.69 Å². The number of anilines is 1. The van der Waals surface area contributed by atoms with E-state index in [1.54, 1.807) is 32.0 Å². The Hall–Kier alpha value is -3.59. The van der Waals surface area contributed by atoms with E-state index in [1.807, 2.05) is 19.1 Å². The number of halogens is 1. The molecule has 0 aliphatic rings. The van der Waals surface area contributed by atoms with Gasteiger partial charge in [-0.15, -0.1) is 0 Å². The quantitative estimate of drug-likeness (QED) is 0.318. The molecule has 9 nitrogen and oxygen atoms in total. The van der Waals surface area contributed by atoms with Crippen LogP contribution in [0.25, 0.3) is 0 Å². The van der Waals surface area contributed by atoms with E-state index in [1.165, 1.54) is 19.4 Å². The molecule has 3 N–H and O–H groups in total. The van der Waals surface area contributed by atoms with Crippen LogP contribution in [0.5, 0.6) is 11.5 Å². The van der Waals surface area contributed by atoms with Gasteiger partial charge in [-0.25, -0.2) is 5.43 Å². The maximum absolute atomic E-state index is 12.2. The van der Waals surface area contributed by atoms with E-state index in [4.69, 9.17) is 21.1 Å². The van der Waals surface area contributed by atoms with Gasteiger partial charge in [0.05, 0.1) is 18.3 Å². The van der Waals surface area contributed by atoms with E-state index in [0.717, 1.165) is 5.56 Å². The lowest BCUT2D eigenvalue weighted by Crippen LogP contribution is -2.41. The lowest BCUT2D eigenvalue weighted by Gasteiger charge is -2.13. The van der Waals surface area contributed by atoms with Crippen LogP contribution in [0.2, 0.25) is 5.02 Å². The lowest BCUT2D eigenvalue weighted by atomic mass is 10.2. The number of methoxy groups -OCH3 is 1. The molecule has 2 rings (SSSR count). The molecule has 0 aliphatic carbocycles. The molecule has 0 saturated heterocycles. The first-order valence-corrected chi connectivity index (χ1v) is 10.1. The maximum atomic E-state index is 12.2. The number of carbonyl (C=O) groups excluding carboxylic acids is 3. The van der Waals surface area contributed by atoms with E-state index in [-0.39, 0.29) is 35.1 Å². The third-order valence-corrected chi connectivity index (χ3v) is 4.22. The second kappa shape index (κ2) is 11.7. The minimum absolute atomic E-state index is 0.174. The summed E-state index contributed by atoms with van der Waals surface area (Å²) in [6.07, 6.45) is 1.29. The van der Waals surface area contributed by atoms with Gasteiger partial charge in [0.25, 0.3) is 5.91 Å². The van der Waals surface area contributed by atoms with Crippen LogP contribution < -0.4 is 25.5 Å². The van der Waals surface area contributed by atoms with Crippen LogP contribution in [0.15, 0.2) is 41.5 Å². The molecule has 0 aliphatic heterocycles. The molecule has 0 bridgehead atoms. The van der Waals surface area contributed by atoms with Gasteiger partial charge in [-0.05, 0) is 50.6 Å². The minimum atomic E-state index is -0.896. The maximum Gasteiger partial charge on any atom is 0.329 e. The van der Waals surface area contributed by atoms with Gasteiger partial charge in [-0.2, -0.15) is 5.10 Å². The molecular formula is C22H25ClN4O5. The lowest BCUT2D eigenvalue weighted by molar-refractivity contribution is -0.139. The van der Waals surface area contributed by atoms with Crippen molar-refractivity contribution in [3.05, 3.63) is 52.5 Å². The van der Waals surface area contributed by atoms with Crippen molar-refractivity contribution in [3.63, 3.8) is 0 Å². The molecule has 0 spiro atoms. The summed E-state index contributed by atoms with van der Waals surface area (Å²) in [6, 6.07) is 10.3. The Morgan fingerprint density at radius 2 is 1.81 bits per heavy atom. The highest BCUT2D eigenvalue weighted by atomic mass is 35.5. The SMILES string of the molecule is COc1cc(/C=N\NC(=O)C(=O)NC(C)C)cc(Cl)c1OCC(=O)Nc1ccc(C)cc1. The Labute approximate surface area is 191 Å². The number of aryl methyl sites for hydroxylation is 1. The molecule has 0 heterocycles. The molecule has 10 heteroatoms. The topological polar surface area (TPSA) is 118 Å². The van der Waals surface area contributed by atoms with Crippen LogP contribution in [0.3, 0.4) is 0 Å². The number of hydrogen-bond donors (Lipinski definition) is 3. The van der Waals surface area contributed by atoms with Crippen molar-refractivity contribution in [1.29, 1.82) is 0 Å². The summed E-state index contributed by atoms with van der Waals surface area (Å²) < 4.78 is 10.8. The molecule has 32 heavy (non-hydrogen) atoms. The van der Waals surface area contributed by atoms with Crippen molar-refractivity contribution in [3.8, 4) is 11.5 Å². The van der Waals surface area contributed by atoms with Gasteiger partial charge in [0.1, 0.15) is 0 Å². The average Bonchev–Trinajstić information content (AvgIpc) is 2.73. The second-order valence-electron chi connectivity index (χ2n) is 7.06. The zero-order valence-corrected chi connectivity index (χ0v) is 18.9. The molecule has 0 radical (unpaired) electrons. The number of rotatable bonds is 8. The summed E-state index contributed by atoms with van der Waals surface area (Å²) in [5.41, 5.74) is 4.34. The van der Waals surface area contributed by atoms with Gasteiger partial charge < -0.3 is 20.1 Å². The Morgan fingerprint density at radius 1 is 1.12 bits per heavy atom. The molecule has 2 aromatic carbocycles. The summed E-state index contributed by atoms with van der Waals surface area (Å²) >= 11 is 6.27. The molecule has 3 amide bonds. The van der Waals surface area contributed by atoms with Gasteiger partial charge in [0.2, 0.25) is 0 Å². The van der Waals surface area contributed by atoms with Crippen molar-refractivity contribution in [2.75, 3.05) is 19.0 Å². The van der Waals surface area contributed by atoms with Gasteiger partial charge >= 0.3 is 11.8 Å². The van der Waals surface area contributed by atoms with Crippen molar-refractivity contribution in [2.45, 2.75) is 26.8 Å². The van der Waals surface area contributed by atoms with Crippen LogP contribution in [0.1, 0.15) is 25.0 Å². The Morgan fingerprint density at radius 3 is 2.44 bits per heavy atom. The van der Waals surface area contributed by atoms with Crippen LogP contribution in [-0.4, -0.2) is 43.7 Å². The fourth-order valence-electron chi connectivity index (χ4n) is 2.47. The normalized spacial score (nSPS) is 10.7. The van der Waals surface area contributed by atoms with Gasteiger partial charge in [0, 0.05) is 11.7 Å². The van der Waals surface area contributed by atoms with Crippen LogP contribution >= 0.6 is 11.6 Å². The zero-order chi connectivity index (χ0) is 23.7. The van der Waals surface area contributed by atoms with E-state index < -0.39 is 11.8 Å². The predicted molar refractivity (Wildman–Crippen MR) is 122 cm³/mol. The third kappa shape index (κ3) is 7.59. The number of hydrazone groups is 1. The fraction of sp³-hybridized carbons (Fsp3) is 0.273. The summed E-state index contributed by atoms with van der Waals surface area (Å²) in [7, 11) is 1.42. The number of carbonyl (C=O) groups is 3. The third-order valence-electron chi connectivity index (χ3n) is 3.94. The average molecular weight is 461 g/mol. The smallest absolute Gasteiger partial charge is 0.329 e. The van der Waals surface area contributed by atoms with Gasteiger partial charge in [-0.3, -0.25) is 14.4 Å². The zero-order valence-electron chi connectivity index (χ0n) is 18.2. The van der Waals surface area contributed by atoms with Crippen molar-refractivity contribution >= 4 is 41.2 Å². The number of nitrogens with zero attached hydrogens (tertiary/aromatic N) is 1. The fourth-order valence-corrected chi connectivity index (χ4v) is 2.74. The first-order chi connectivity index (χ1) is 15.2. The highest BCUT2D eigenvalue weighted by Crippen LogP contribution is 2.36. The Balaban J connectivity index is 2.00. The highest BCUT2D eigenvalue weighted by molar-refractivity contribution is 6.35. The molecule has 0 saturated carbocycles. The molecule has 2 aromatic rings. The number of hydrogen-bond acceptors (Lipinski definition) is 6. The number of ether oxygens (including phenoxy) is 2. The van der Waals surface area contributed by atoms with Gasteiger partial charge in [-0.1, -0.05) is 29.3 Å². The summed E-state index contributed by atoms with van der Waals surface area (Å²) in [6.45, 7) is 5.14. The van der Waals surface area contributed by atoms with E-state index >= 15 is 0 Å². The standard InChI is InChI=1S/C22H25ClN4O5/c1-13(2)25-21(29)22(30)27-24-11-15-9-17(23)20(18(10-15)31-4)32-12-19(28)26-16-7-5-14(3)6-8-16/h5-11,13H,12H2,1-4H3,(H,25,29)(H,26,28)(H,27,30)/b24-11-.